The number of hydrogen-bond acceptors (Lipinski definition) is 6. The molecule has 0 amide bonds. The molecule has 0 saturated heterocycles. The number of carbonyl (C=O) groups is 1. The standard InChI is InChI=1S/C10H18O6P/c1-8(2)10(11)14-5-6-15-17(12)16-9(3)7-13-4/h9H,1,5-7H2,2-4H3/q+1. The minimum Gasteiger partial charge on any atom is -0.460 e. The molecule has 6 nitrogen and oxygen atoms in total. The number of methoxy groups -OCH3 is 1. The van der Waals surface area contributed by atoms with Crippen LogP contribution in [0.1, 0.15) is 13.8 Å². The minimum atomic E-state index is -2.22. The monoisotopic (exact) mass is 265 g/mol. The summed E-state index contributed by atoms with van der Waals surface area (Å²) in [6.45, 7) is 7.01. The molecule has 17 heavy (non-hydrogen) atoms. The Morgan fingerprint density at radius 2 is 2.06 bits per heavy atom. The predicted octanol–water partition coefficient (Wildman–Crippen LogP) is 1.83. The smallest absolute Gasteiger partial charge is 0.460 e. The van der Waals surface area contributed by atoms with Crippen LogP contribution in [0.4, 0.5) is 0 Å². The van der Waals surface area contributed by atoms with E-state index in [0.717, 1.165) is 0 Å². The third-order valence-electron chi connectivity index (χ3n) is 1.53. The van der Waals surface area contributed by atoms with E-state index in [-0.39, 0.29) is 19.3 Å². The van der Waals surface area contributed by atoms with Crippen LogP contribution in [0.3, 0.4) is 0 Å². The Kier molecular flexibility index (Phi) is 8.80. The summed E-state index contributed by atoms with van der Waals surface area (Å²) in [5.74, 6) is -0.502. The fourth-order valence-corrected chi connectivity index (χ4v) is 1.45. The largest absolute Gasteiger partial charge is 0.697 e. The van der Waals surface area contributed by atoms with Crippen LogP contribution in [-0.2, 0) is 27.9 Å². The molecular weight excluding hydrogens is 247 g/mol. The van der Waals surface area contributed by atoms with Crippen molar-refractivity contribution in [3.8, 4) is 0 Å². The number of esters is 1. The number of rotatable bonds is 9. The van der Waals surface area contributed by atoms with E-state index in [1.807, 2.05) is 0 Å². The third-order valence-corrected chi connectivity index (χ3v) is 2.45. The molecular formula is C10H18O6P+. The molecule has 0 aliphatic carbocycles. The lowest BCUT2D eigenvalue weighted by molar-refractivity contribution is -0.139. The predicted molar refractivity (Wildman–Crippen MR) is 61.8 cm³/mol. The van der Waals surface area contributed by atoms with E-state index in [4.69, 9.17) is 18.5 Å². The quantitative estimate of drug-likeness (QED) is 0.274. The van der Waals surface area contributed by atoms with Gasteiger partial charge in [-0.2, -0.15) is 0 Å². The normalized spacial score (nSPS) is 13.0. The van der Waals surface area contributed by atoms with Gasteiger partial charge in [0.1, 0.15) is 19.3 Å². The van der Waals surface area contributed by atoms with Crippen molar-refractivity contribution >= 4 is 14.2 Å². The summed E-state index contributed by atoms with van der Waals surface area (Å²) in [5.41, 5.74) is 0.305. The van der Waals surface area contributed by atoms with E-state index < -0.39 is 14.2 Å². The lowest BCUT2D eigenvalue weighted by atomic mass is 10.4. The maximum absolute atomic E-state index is 11.2. The van der Waals surface area contributed by atoms with Crippen molar-refractivity contribution in [3.05, 3.63) is 12.2 Å². The summed E-state index contributed by atoms with van der Waals surface area (Å²) in [7, 11) is -0.703. The van der Waals surface area contributed by atoms with Crippen molar-refractivity contribution in [2.75, 3.05) is 26.9 Å². The van der Waals surface area contributed by atoms with Gasteiger partial charge in [0.05, 0.1) is 6.61 Å². The van der Waals surface area contributed by atoms with Crippen LogP contribution in [0.15, 0.2) is 12.2 Å². The van der Waals surface area contributed by atoms with Gasteiger partial charge in [0.25, 0.3) is 0 Å². The molecule has 2 atom stereocenters. The molecule has 0 aliphatic rings. The highest BCUT2D eigenvalue weighted by molar-refractivity contribution is 7.33. The van der Waals surface area contributed by atoms with Gasteiger partial charge in [0.2, 0.25) is 0 Å². The topological polar surface area (TPSA) is 71.1 Å². The second kappa shape index (κ2) is 9.24. The fourth-order valence-electron chi connectivity index (χ4n) is 0.812. The molecule has 2 unspecified atom stereocenters. The van der Waals surface area contributed by atoms with E-state index >= 15 is 0 Å². The summed E-state index contributed by atoms with van der Waals surface area (Å²) < 4.78 is 30.5. The van der Waals surface area contributed by atoms with Crippen molar-refractivity contribution in [2.24, 2.45) is 0 Å². The van der Waals surface area contributed by atoms with Gasteiger partial charge in [0, 0.05) is 17.2 Å². The highest BCUT2D eigenvalue weighted by Crippen LogP contribution is 2.25. The molecule has 0 bridgehead atoms. The zero-order valence-electron chi connectivity index (χ0n) is 10.3. The van der Waals surface area contributed by atoms with Crippen LogP contribution < -0.4 is 0 Å². The molecule has 98 valence electrons. The zero-order chi connectivity index (χ0) is 13.3. The molecule has 0 heterocycles. The number of ether oxygens (including phenoxy) is 2. The van der Waals surface area contributed by atoms with E-state index in [1.54, 1.807) is 13.8 Å². The zero-order valence-corrected chi connectivity index (χ0v) is 11.2. The molecule has 0 aromatic heterocycles. The lowest BCUT2D eigenvalue weighted by Gasteiger charge is -2.02. The van der Waals surface area contributed by atoms with Gasteiger partial charge in [-0.05, 0) is 13.8 Å². The summed E-state index contributed by atoms with van der Waals surface area (Å²) >= 11 is 0. The van der Waals surface area contributed by atoms with Crippen LogP contribution in [-0.4, -0.2) is 39.0 Å². The van der Waals surface area contributed by atoms with Crippen LogP contribution >= 0.6 is 8.25 Å². The van der Waals surface area contributed by atoms with E-state index in [0.29, 0.717) is 12.2 Å². The number of hydrogen-bond donors (Lipinski definition) is 0. The molecule has 0 spiro atoms. The molecule has 0 rings (SSSR count). The minimum absolute atomic E-state index is 0.00786. The molecule has 0 fully saturated rings. The Hall–Kier alpha value is -0.810. The van der Waals surface area contributed by atoms with Gasteiger partial charge >= 0.3 is 14.2 Å². The highest BCUT2D eigenvalue weighted by Gasteiger charge is 2.24. The first-order valence-electron chi connectivity index (χ1n) is 5.06. The van der Waals surface area contributed by atoms with Crippen LogP contribution in [0.5, 0.6) is 0 Å². The fraction of sp³-hybridized carbons (Fsp3) is 0.700. The first-order valence-corrected chi connectivity index (χ1v) is 6.15. The molecule has 0 aromatic rings. The van der Waals surface area contributed by atoms with Gasteiger partial charge in [-0.3, -0.25) is 0 Å². The van der Waals surface area contributed by atoms with Crippen molar-refractivity contribution in [1.29, 1.82) is 0 Å². The Labute approximate surface area is 102 Å². The van der Waals surface area contributed by atoms with Gasteiger partial charge in [-0.1, -0.05) is 6.58 Å². The van der Waals surface area contributed by atoms with Crippen molar-refractivity contribution in [1.82, 2.24) is 0 Å². The molecule has 0 saturated carbocycles. The molecule has 0 aromatic carbocycles. The van der Waals surface area contributed by atoms with E-state index in [1.165, 1.54) is 7.11 Å². The molecule has 0 N–H and O–H groups in total. The molecule has 7 heteroatoms. The van der Waals surface area contributed by atoms with Gasteiger partial charge in [-0.25, -0.2) is 4.79 Å². The molecule has 0 aliphatic heterocycles. The van der Waals surface area contributed by atoms with E-state index in [9.17, 15) is 9.36 Å². The Morgan fingerprint density at radius 1 is 1.41 bits per heavy atom. The van der Waals surface area contributed by atoms with Gasteiger partial charge in [-0.15, -0.1) is 9.05 Å². The average molecular weight is 265 g/mol. The summed E-state index contributed by atoms with van der Waals surface area (Å²) in [6.07, 6.45) is -0.318. The Bertz CT molecular complexity index is 278. The van der Waals surface area contributed by atoms with Gasteiger partial charge < -0.3 is 9.47 Å². The Morgan fingerprint density at radius 3 is 2.59 bits per heavy atom. The maximum Gasteiger partial charge on any atom is 0.697 e. The second-order valence-electron chi connectivity index (χ2n) is 3.34. The number of carbonyl (C=O) groups excluding carboxylic acids is 1. The SMILES string of the molecule is C=C(C)C(=O)OCCO[P+](=O)OC(C)COC. The summed E-state index contributed by atoms with van der Waals surface area (Å²) in [6, 6.07) is 0. The van der Waals surface area contributed by atoms with Crippen LogP contribution in [0, 0.1) is 0 Å². The summed E-state index contributed by atoms with van der Waals surface area (Å²) in [5, 5.41) is 0. The van der Waals surface area contributed by atoms with Crippen molar-refractivity contribution in [3.63, 3.8) is 0 Å². The molecule has 0 radical (unpaired) electrons. The maximum atomic E-state index is 11.2. The van der Waals surface area contributed by atoms with Crippen molar-refractivity contribution in [2.45, 2.75) is 20.0 Å². The third kappa shape index (κ3) is 8.94. The van der Waals surface area contributed by atoms with Gasteiger partial charge in [0.15, 0.2) is 0 Å². The highest BCUT2D eigenvalue weighted by atomic mass is 31.1. The Balaban J connectivity index is 3.58. The second-order valence-corrected chi connectivity index (χ2v) is 4.26. The average Bonchev–Trinajstić information content (AvgIpc) is 2.24. The van der Waals surface area contributed by atoms with Crippen LogP contribution in [0.25, 0.3) is 0 Å². The summed E-state index contributed by atoms with van der Waals surface area (Å²) in [4.78, 5) is 11.0. The first kappa shape index (κ1) is 16.2. The van der Waals surface area contributed by atoms with Crippen LogP contribution in [0.2, 0.25) is 0 Å². The van der Waals surface area contributed by atoms with Crippen molar-refractivity contribution < 1.29 is 27.9 Å². The van der Waals surface area contributed by atoms with E-state index in [2.05, 4.69) is 6.58 Å². The lowest BCUT2D eigenvalue weighted by Crippen LogP contribution is -2.12. The first-order chi connectivity index (χ1) is 7.97.